The van der Waals surface area contributed by atoms with Crippen LogP contribution in [0.25, 0.3) is 10.4 Å². The zero-order chi connectivity index (χ0) is 21.0. The second kappa shape index (κ2) is 9.43. The van der Waals surface area contributed by atoms with Crippen LogP contribution in [0.5, 0.6) is 0 Å². The molecule has 0 aliphatic heterocycles. The van der Waals surface area contributed by atoms with Gasteiger partial charge in [0.25, 0.3) is 0 Å². The quantitative estimate of drug-likeness (QED) is 0.247. The predicted molar refractivity (Wildman–Crippen MR) is 122 cm³/mol. The van der Waals surface area contributed by atoms with E-state index >= 15 is 0 Å². The summed E-state index contributed by atoms with van der Waals surface area (Å²) in [5.41, 5.74) is 2.39. The molecule has 30 heavy (non-hydrogen) atoms. The Bertz CT molecular complexity index is 1000. The van der Waals surface area contributed by atoms with Crippen molar-refractivity contribution in [2.75, 3.05) is 17.7 Å². The second-order valence-corrected chi connectivity index (χ2v) is 9.77. The molecule has 2 aromatic heterocycles. The van der Waals surface area contributed by atoms with Gasteiger partial charge in [-0.25, -0.2) is 15.0 Å². The van der Waals surface area contributed by atoms with E-state index in [1.807, 2.05) is 12.3 Å². The van der Waals surface area contributed by atoms with Crippen LogP contribution in [0, 0.1) is 6.92 Å². The van der Waals surface area contributed by atoms with Crippen molar-refractivity contribution in [3.05, 3.63) is 47.2 Å². The number of nitrogens with zero attached hydrogens (tertiary/aromatic N) is 3. The molecule has 1 fully saturated rings. The summed E-state index contributed by atoms with van der Waals surface area (Å²) >= 11 is 3.24. The molecule has 8 heteroatoms. The van der Waals surface area contributed by atoms with Crippen LogP contribution in [0.15, 0.2) is 41.7 Å². The summed E-state index contributed by atoms with van der Waals surface area (Å²) in [6.07, 6.45) is 8.04. The number of aliphatic hydroxyl groups is 2. The van der Waals surface area contributed by atoms with E-state index in [0.717, 1.165) is 69.6 Å². The third-order valence-corrected chi connectivity index (χ3v) is 7.39. The highest BCUT2D eigenvalue weighted by Crippen LogP contribution is 2.44. The van der Waals surface area contributed by atoms with E-state index in [1.165, 1.54) is 0 Å². The molecule has 0 spiro atoms. The van der Waals surface area contributed by atoms with Gasteiger partial charge in [-0.15, -0.1) is 23.1 Å². The number of aryl methyl sites for hydroxylation is 1. The van der Waals surface area contributed by atoms with Gasteiger partial charge in [0.05, 0.1) is 4.88 Å². The Labute approximate surface area is 184 Å². The Balaban J connectivity index is 1.49. The summed E-state index contributed by atoms with van der Waals surface area (Å²) in [6.45, 7) is 2.29. The number of anilines is 2. The Hall–Kier alpha value is -2.00. The highest BCUT2D eigenvalue weighted by molar-refractivity contribution is 7.99. The third-order valence-electron chi connectivity index (χ3n) is 5.13. The fourth-order valence-electron chi connectivity index (χ4n) is 3.35. The molecular formula is C22H26N4O2S2. The van der Waals surface area contributed by atoms with Crippen molar-refractivity contribution in [1.29, 1.82) is 0 Å². The maximum atomic E-state index is 10.6. The average Bonchev–Trinajstić information content (AvgIpc) is 3.20. The zero-order valence-electron chi connectivity index (χ0n) is 17.0. The molecule has 0 atom stereocenters. The number of unbranched alkanes of at least 4 members (excludes halogenated alkanes) is 1. The van der Waals surface area contributed by atoms with Crippen molar-refractivity contribution in [3.8, 4) is 10.4 Å². The maximum Gasteiger partial charge on any atom is 0.228 e. The first-order valence-corrected chi connectivity index (χ1v) is 12.0. The number of aromatic nitrogens is 3. The number of hydrogen-bond donors (Lipinski definition) is 3. The number of aliphatic hydroxyl groups excluding tert-OH is 1. The molecule has 158 valence electrons. The molecule has 3 N–H and O–H groups in total. The van der Waals surface area contributed by atoms with Crippen molar-refractivity contribution in [2.45, 2.75) is 49.7 Å². The van der Waals surface area contributed by atoms with Crippen LogP contribution >= 0.6 is 23.1 Å². The molecule has 6 nitrogen and oxygen atoms in total. The Morgan fingerprint density at radius 1 is 1.20 bits per heavy atom. The smallest absolute Gasteiger partial charge is 0.228 e. The lowest BCUT2D eigenvalue weighted by atomic mass is 9.81. The molecule has 3 aromatic rings. The summed E-state index contributed by atoms with van der Waals surface area (Å²) in [7, 11) is 0. The Kier molecular flexibility index (Phi) is 6.67. The lowest BCUT2D eigenvalue weighted by molar-refractivity contribution is -0.0389. The predicted octanol–water partition coefficient (Wildman–Crippen LogP) is 4.89. The molecule has 1 aliphatic carbocycles. The van der Waals surface area contributed by atoms with Gasteiger partial charge in [-0.3, -0.25) is 0 Å². The Morgan fingerprint density at radius 2 is 2.07 bits per heavy atom. The van der Waals surface area contributed by atoms with Gasteiger partial charge >= 0.3 is 0 Å². The van der Waals surface area contributed by atoms with E-state index in [0.29, 0.717) is 5.95 Å². The summed E-state index contributed by atoms with van der Waals surface area (Å²) in [5.74, 6) is 1.48. The monoisotopic (exact) mass is 442 g/mol. The fourth-order valence-corrected chi connectivity index (χ4v) is 5.26. The largest absolute Gasteiger partial charge is 0.396 e. The number of rotatable bonds is 9. The van der Waals surface area contributed by atoms with Gasteiger partial charge in [0, 0.05) is 24.7 Å². The molecular weight excluding hydrogens is 416 g/mol. The van der Waals surface area contributed by atoms with Crippen molar-refractivity contribution in [1.82, 2.24) is 15.0 Å². The molecule has 1 aromatic carbocycles. The topological polar surface area (TPSA) is 91.2 Å². The van der Waals surface area contributed by atoms with Gasteiger partial charge in [-0.2, -0.15) is 0 Å². The number of thioether (sulfide) groups is 1. The number of hydrogen-bond acceptors (Lipinski definition) is 8. The second-order valence-electron chi connectivity index (χ2n) is 7.63. The summed E-state index contributed by atoms with van der Waals surface area (Å²) in [6, 6.07) is 8.16. The van der Waals surface area contributed by atoms with Gasteiger partial charge in [0.2, 0.25) is 5.95 Å². The van der Waals surface area contributed by atoms with Crippen LogP contribution < -0.4 is 5.32 Å². The van der Waals surface area contributed by atoms with E-state index in [-0.39, 0.29) is 6.61 Å². The van der Waals surface area contributed by atoms with E-state index < -0.39 is 5.60 Å². The van der Waals surface area contributed by atoms with E-state index in [1.54, 1.807) is 29.3 Å². The number of nitrogens with one attached hydrogen (secondary N) is 1. The highest BCUT2D eigenvalue weighted by Gasteiger charge is 2.39. The van der Waals surface area contributed by atoms with Gasteiger partial charge in [-0.1, -0.05) is 6.07 Å². The number of benzene rings is 1. The van der Waals surface area contributed by atoms with Gasteiger partial charge in [-0.05, 0) is 74.1 Å². The maximum absolute atomic E-state index is 10.6. The van der Waals surface area contributed by atoms with Crippen molar-refractivity contribution in [3.63, 3.8) is 0 Å². The van der Waals surface area contributed by atoms with Crippen molar-refractivity contribution in [2.24, 2.45) is 0 Å². The van der Waals surface area contributed by atoms with Crippen LogP contribution in [0.1, 0.15) is 42.7 Å². The molecule has 1 saturated carbocycles. The standard InChI is InChI=1S/C22H26N4O2S2/c1-15-11-16(18-14-24-20(30-18)22(28)6-4-7-22)13-17(12-15)25-21-23-8-5-19(26-21)29-10-3-2-9-27/h5,8,11-14,27-28H,2-4,6-7,9-10H2,1H3,(H,23,25,26). The minimum absolute atomic E-state index is 0.230. The molecule has 0 radical (unpaired) electrons. The van der Waals surface area contributed by atoms with Crippen LogP contribution in [0.2, 0.25) is 0 Å². The van der Waals surface area contributed by atoms with E-state index in [2.05, 4.69) is 45.4 Å². The lowest BCUT2D eigenvalue weighted by Gasteiger charge is -2.34. The van der Waals surface area contributed by atoms with Crippen LogP contribution in [0.4, 0.5) is 11.6 Å². The third kappa shape index (κ3) is 5.00. The van der Waals surface area contributed by atoms with E-state index in [4.69, 9.17) is 5.11 Å². The average molecular weight is 443 g/mol. The SMILES string of the molecule is Cc1cc(Nc2nccc(SCCCCO)n2)cc(-c2cnc(C3(O)CCC3)s2)c1. The van der Waals surface area contributed by atoms with Crippen LogP contribution in [0.3, 0.4) is 0 Å². The molecule has 0 unspecified atom stereocenters. The summed E-state index contributed by atoms with van der Waals surface area (Å²) in [4.78, 5) is 14.5. The van der Waals surface area contributed by atoms with Gasteiger partial charge in [0.15, 0.2) is 0 Å². The highest BCUT2D eigenvalue weighted by atomic mass is 32.2. The van der Waals surface area contributed by atoms with Crippen molar-refractivity contribution >= 4 is 34.7 Å². The molecule has 0 amide bonds. The summed E-state index contributed by atoms with van der Waals surface area (Å²) < 4.78 is 0. The first-order chi connectivity index (χ1) is 14.6. The fraction of sp³-hybridized carbons (Fsp3) is 0.409. The van der Waals surface area contributed by atoms with E-state index in [9.17, 15) is 5.11 Å². The van der Waals surface area contributed by atoms with Crippen LogP contribution in [-0.2, 0) is 5.60 Å². The first-order valence-electron chi connectivity index (χ1n) is 10.2. The summed E-state index contributed by atoms with van der Waals surface area (Å²) in [5, 5.41) is 24.5. The first kappa shape index (κ1) is 21.2. The zero-order valence-corrected chi connectivity index (χ0v) is 18.6. The normalized spacial score (nSPS) is 15.0. The number of thiazole rings is 1. The van der Waals surface area contributed by atoms with Crippen molar-refractivity contribution < 1.29 is 10.2 Å². The molecule has 4 rings (SSSR count). The van der Waals surface area contributed by atoms with Crippen LogP contribution in [-0.4, -0.2) is 37.5 Å². The minimum Gasteiger partial charge on any atom is -0.396 e. The molecule has 1 aliphatic rings. The molecule has 2 heterocycles. The van der Waals surface area contributed by atoms with Gasteiger partial charge in [0.1, 0.15) is 15.6 Å². The Morgan fingerprint density at radius 3 is 2.83 bits per heavy atom. The molecule has 0 saturated heterocycles. The molecule has 0 bridgehead atoms. The van der Waals surface area contributed by atoms with Gasteiger partial charge < -0.3 is 15.5 Å². The minimum atomic E-state index is -0.725. The lowest BCUT2D eigenvalue weighted by Crippen LogP contribution is -2.33.